The van der Waals surface area contributed by atoms with Gasteiger partial charge in [-0.1, -0.05) is 0 Å². The molecule has 4 nitrogen and oxygen atoms in total. The van der Waals surface area contributed by atoms with Crippen molar-refractivity contribution in [1.82, 2.24) is 9.88 Å². The second-order valence-electron chi connectivity index (χ2n) is 7.95. The van der Waals surface area contributed by atoms with Crippen LogP contribution in [-0.2, 0) is 6.18 Å². The van der Waals surface area contributed by atoms with Crippen LogP contribution in [-0.4, -0.2) is 36.2 Å². The fraction of sp³-hybridized carbons (Fsp3) is 0.500. The van der Waals surface area contributed by atoms with Crippen LogP contribution in [0.5, 0.6) is 11.5 Å². The molecule has 4 rings (SSSR count). The molecule has 1 saturated heterocycles. The van der Waals surface area contributed by atoms with Crippen molar-refractivity contribution in [3.05, 3.63) is 52.6 Å². The lowest BCUT2D eigenvalue weighted by molar-refractivity contribution is -0.141. The van der Waals surface area contributed by atoms with E-state index in [9.17, 15) is 17.6 Å². The van der Waals surface area contributed by atoms with E-state index in [2.05, 4.69) is 9.88 Å². The molecule has 0 amide bonds. The fourth-order valence-corrected chi connectivity index (χ4v) is 4.30. The van der Waals surface area contributed by atoms with Gasteiger partial charge in [0.15, 0.2) is 11.5 Å². The monoisotopic (exact) mass is 424 g/mol. The number of rotatable bonds is 3. The van der Waals surface area contributed by atoms with E-state index in [0.717, 1.165) is 25.5 Å². The first-order chi connectivity index (χ1) is 14.2. The Hall–Kier alpha value is -2.35. The maximum Gasteiger partial charge on any atom is 0.433 e. The van der Waals surface area contributed by atoms with Crippen molar-refractivity contribution in [3.63, 3.8) is 0 Å². The predicted molar refractivity (Wildman–Crippen MR) is 103 cm³/mol. The minimum atomic E-state index is -4.48. The summed E-state index contributed by atoms with van der Waals surface area (Å²) in [6.07, 6.45) is -2.87. The third-order valence-corrected chi connectivity index (χ3v) is 5.85. The first kappa shape index (κ1) is 20.9. The van der Waals surface area contributed by atoms with Crippen LogP contribution in [0.1, 0.15) is 54.2 Å². The molecule has 30 heavy (non-hydrogen) atoms. The Labute approximate surface area is 172 Å². The number of hydrogen-bond acceptors (Lipinski definition) is 4. The quantitative estimate of drug-likeness (QED) is 0.630. The number of fused-ring (bicyclic) bond motifs is 1. The SMILES string of the molecule is Cc1cc([C@H]2CCCN([C@H](C)c3cc4c(cc3F)OCCO4)C2)cc(C(F)(F)F)n1. The molecule has 2 aliphatic heterocycles. The third kappa shape index (κ3) is 4.24. The van der Waals surface area contributed by atoms with Crippen LogP contribution >= 0.6 is 0 Å². The van der Waals surface area contributed by atoms with E-state index in [4.69, 9.17) is 9.47 Å². The maximum atomic E-state index is 14.7. The van der Waals surface area contributed by atoms with Gasteiger partial charge in [-0.15, -0.1) is 0 Å². The molecule has 0 saturated carbocycles. The van der Waals surface area contributed by atoms with E-state index in [0.29, 0.717) is 48.1 Å². The molecule has 2 atom stereocenters. The molecule has 3 heterocycles. The second-order valence-corrected chi connectivity index (χ2v) is 7.95. The lowest BCUT2D eigenvalue weighted by Crippen LogP contribution is -2.36. The molecule has 0 radical (unpaired) electrons. The summed E-state index contributed by atoms with van der Waals surface area (Å²) in [5, 5.41) is 0. The summed E-state index contributed by atoms with van der Waals surface area (Å²) < 4.78 is 65.3. The Bertz CT molecular complexity index is 932. The molecule has 0 bridgehead atoms. The van der Waals surface area contributed by atoms with E-state index >= 15 is 0 Å². The zero-order chi connectivity index (χ0) is 21.5. The van der Waals surface area contributed by atoms with Gasteiger partial charge in [-0.3, -0.25) is 4.90 Å². The van der Waals surface area contributed by atoms with Crippen LogP contribution in [0.2, 0.25) is 0 Å². The molecule has 0 N–H and O–H groups in total. The van der Waals surface area contributed by atoms with Gasteiger partial charge in [0.1, 0.15) is 24.7 Å². The largest absolute Gasteiger partial charge is 0.486 e. The topological polar surface area (TPSA) is 34.6 Å². The average molecular weight is 424 g/mol. The van der Waals surface area contributed by atoms with Crippen molar-refractivity contribution < 1.29 is 27.0 Å². The zero-order valence-corrected chi connectivity index (χ0v) is 16.9. The molecule has 0 aliphatic carbocycles. The van der Waals surface area contributed by atoms with Crippen molar-refractivity contribution in [1.29, 1.82) is 0 Å². The number of hydrogen-bond donors (Lipinski definition) is 0. The molecule has 8 heteroatoms. The average Bonchev–Trinajstić information content (AvgIpc) is 2.72. The minimum Gasteiger partial charge on any atom is -0.486 e. The van der Waals surface area contributed by atoms with E-state index in [1.165, 1.54) is 6.07 Å². The number of ether oxygens (including phenoxy) is 2. The van der Waals surface area contributed by atoms with Gasteiger partial charge in [-0.25, -0.2) is 9.37 Å². The summed E-state index contributed by atoms with van der Waals surface area (Å²) in [5.74, 6) is 0.494. The number of likely N-dealkylation sites (tertiary alicyclic amines) is 1. The first-order valence-electron chi connectivity index (χ1n) is 10.1. The van der Waals surface area contributed by atoms with Crippen molar-refractivity contribution >= 4 is 0 Å². The van der Waals surface area contributed by atoms with Crippen LogP contribution < -0.4 is 9.47 Å². The second kappa shape index (κ2) is 8.06. The number of benzene rings is 1. The molecule has 0 unspecified atom stereocenters. The lowest BCUT2D eigenvalue weighted by atomic mass is 9.88. The third-order valence-electron chi connectivity index (χ3n) is 5.85. The van der Waals surface area contributed by atoms with Crippen molar-refractivity contribution in [2.45, 2.75) is 44.8 Å². The normalized spacial score (nSPS) is 20.8. The molecular weight excluding hydrogens is 400 g/mol. The van der Waals surface area contributed by atoms with Gasteiger partial charge >= 0.3 is 6.18 Å². The van der Waals surface area contributed by atoms with Gasteiger partial charge in [-0.2, -0.15) is 13.2 Å². The highest BCUT2D eigenvalue weighted by molar-refractivity contribution is 5.45. The Morgan fingerprint density at radius 2 is 1.80 bits per heavy atom. The highest BCUT2D eigenvalue weighted by Crippen LogP contribution is 2.39. The van der Waals surface area contributed by atoms with Gasteiger partial charge in [0, 0.05) is 29.9 Å². The summed E-state index contributed by atoms with van der Waals surface area (Å²) in [7, 11) is 0. The molecule has 2 aromatic rings. The van der Waals surface area contributed by atoms with Gasteiger partial charge in [0.05, 0.1) is 0 Å². The first-order valence-corrected chi connectivity index (χ1v) is 10.1. The summed E-state index contributed by atoms with van der Waals surface area (Å²) >= 11 is 0. The number of halogens is 4. The number of aryl methyl sites for hydroxylation is 1. The van der Waals surface area contributed by atoms with Crippen molar-refractivity contribution in [2.24, 2.45) is 0 Å². The van der Waals surface area contributed by atoms with Crippen molar-refractivity contribution in [3.8, 4) is 11.5 Å². The van der Waals surface area contributed by atoms with E-state index < -0.39 is 11.9 Å². The molecule has 1 aromatic heterocycles. The number of alkyl halides is 3. The molecule has 0 spiro atoms. The number of pyridine rings is 1. The Balaban J connectivity index is 1.57. The molecule has 2 aliphatic rings. The smallest absolute Gasteiger partial charge is 0.433 e. The fourth-order valence-electron chi connectivity index (χ4n) is 4.30. The highest BCUT2D eigenvalue weighted by atomic mass is 19.4. The molecule has 1 fully saturated rings. The predicted octanol–water partition coefficient (Wildman–Crippen LogP) is 5.26. The van der Waals surface area contributed by atoms with Crippen LogP contribution in [0, 0.1) is 12.7 Å². The Kier molecular flexibility index (Phi) is 5.61. The van der Waals surface area contributed by atoms with Gasteiger partial charge in [0.2, 0.25) is 0 Å². The summed E-state index contributed by atoms with van der Waals surface area (Å²) in [4.78, 5) is 5.76. The Morgan fingerprint density at radius 1 is 1.10 bits per heavy atom. The molecule has 1 aromatic carbocycles. The van der Waals surface area contributed by atoms with Crippen LogP contribution in [0.25, 0.3) is 0 Å². The Morgan fingerprint density at radius 3 is 2.50 bits per heavy atom. The van der Waals surface area contributed by atoms with Crippen molar-refractivity contribution in [2.75, 3.05) is 26.3 Å². The van der Waals surface area contributed by atoms with Crippen LogP contribution in [0.15, 0.2) is 24.3 Å². The number of piperidine rings is 1. The van der Waals surface area contributed by atoms with E-state index in [1.54, 1.807) is 19.1 Å². The summed E-state index contributed by atoms with van der Waals surface area (Å²) in [5.41, 5.74) is 0.625. The minimum absolute atomic E-state index is 0.0655. The van der Waals surface area contributed by atoms with E-state index in [1.807, 2.05) is 6.92 Å². The summed E-state index contributed by atoms with van der Waals surface area (Å²) in [6, 6.07) is 5.66. The van der Waals surface area contributed by atoms with Crippen LogP contribution in [0.3, 0.4) is 0 Å². The summed E-state index contributed by atoms with van der Waals surface area (Å²) in [6.45, 7) is 5.60. The van der Waals surface area contributed by atoms with E-state index in [-0.39, 0.29) is 17.8 Å². The molecule has 162 valence electrons. The van der Waals surface area contributed by atoms with Gasteiger partial charge in [0.25, 0.3) is 0 Å². The highest BCUT2D eigenvalue weighted by Gasteiger charge is 2.34. The molecular formula is C22H24F4N2O2. The maximum absolute atomic E-state index is 14.7. The standard InChI is InChI=1S/C22H24F4N2O2/c1-13-8-16(9-21(27-13)22(24,25)26)15-4-3-5-28(12-15)14(2)17-10-19-20(11-18(17)23)30-7-6-29-19/h8-11,14-15H,3-7,12H2,1-2H3/t14-,15+/m1/s1. The van der Waals surface area contributed by atoms with Gasteiger partial charge < -0.3 is 9.47 Å². The zero-order valence-electron chi connectivity index (χ0n) is 16.9. The number of aromatic nitrogens is 1. The van der Waals surface area contributed by atoms with Crippen LogP contribution in [0.4, 0.5) is 17.6 Å². The number of nitrogens with zero attached hydrogens (tertiary/aromatic N) is 2. The lowest BCUT2D eigenvalue weighted by Gasteiger charge is -2.37. The van der Waals surface area contributed by atoms with Gasteiger partial charge in [-0.05, 0) is 62.9 Å².